The van der Waals surface area contributed by atoms with Gasteiger partial charge < -0.3 is 4.74 Å². The number of carbonyl (C=O) groups is 1. The summed E-state index contributed by atoms with van der Waals surface area (Å²) in [6, 6.07) is 7.67. The Morgan fingerprint density at radius 3 is 2.70 bits per heavy atom. The smallest absolute Gasteiger partial charge is 0.246 e. The van der Waals surface area contributed by atoms with Gasteiger partial charge in [-0.1, -0.05) is 6.92 Å². The Balaban J connectivity index is 1.89. The second-order valence-corrected chi connectivity index (χ2v) is 6.20. The summed E-state index contributed by atoms with van der Waals surface area (Å²) in [5.41, 5.74) is 5.03. The van der Waals surface area contributed by atoms with Gasteiger partial charge in [-0.15, -0.1) is 11.3 Å². The fourth-order valence-corrected chi connectivity index (χ4v) is 2.53. The van der Waals surface area contributed by atoms with E-state index in [1.807, 2.05) is 43.5 Å². The molecule has 1 aromatic heterocycles. The Morgan fingerprint density at radius 2 is 2.09 bits per heavy atom. The predicted molar refractivity (Wildman–Crippen MR) is 93.1 cm³/mol. The first-order valence-electron chi connectivity index (χ1n) is 7.56. The van der Waals surface area contributed by atoms with Crippen LogP contribution >= 0.6 is 11.3 Å². The first-order chi connectivity index (χ1) is 11.1. The molecular formula is C17H21N3O2S. The summed E-state index contributed by atoms with van der Waals surface area (Å²) >= 11 is 1.54. The number of hydrogen-bond acceptors (Lipinski definition) is 5. The van der Waals surface area contributed by atoms with Crippen LogP contribution in [0.2, 0.25) is 0 Å². The number of nitrogens with zero attached hydrogens (tertiary/aromatic N) is 2. The van der Waals surface area contributed by atoms with Crippen LogP contribution in [0.25, 0.3) is 0 Å². The minimum atomic E-state index is -0.169. The predicted octanol–water partition coefficient (Wildman–Crippen LogP) is 3.32. The second-order valence-electron chi connectivity index (χ2n) is 5.14. The Morgan fingerprint density at radius 1 is 1.35 bits per heavy atom. The minimum absolute atomic E-state index is 0.169. The number of aryl methyl sites for hydroxylation is 1. The van der Waals surface area contributed by atoms with Crippen LogP contribution in [0, 0.1) is 6.92 Å². The van der Waals surface area contributed by atoms with Gasteiger partial charge >= 0.3 is 0 Å². The monoisotopic (exact) mass is 331 g/mol. The van der Waals surface area contributed by atoms with Gasteiger partial charge in [0.2, 0.25) is 5.91 Å². The Hall–Kier alpha value is -2.21. The molecule has 1 aromatic carbocycles. The number of benzene rings is 1. The topological polar surface area (TPSA) is 63.6 Å². The molecule has 23 heavy (non-hydrogen) atoms. The molecule has 0 unspecified atom stereocenters. The zero-order valence-electron chi connectivity index (χ0n) is 13.6. The fourth-order valence-electron chi connectivity index (χ4n) is 1.92. The average Bonchev–Trinajstić information content (AvgIpc) is 2.96. The number of nitrogens with one attached hydrogen (secondary N) is 1. The number of amides is 1. The summed E-state index contributed by atoms with van der Waals surface area (Å²) in [6.45, 7) is 6.55. The maximum atomic E-state index is 11.9. The maximum Gasteiger partial charge on any atom is 0.246 e. The molecule has 0 bridgehead atoms. The maximum absolute atomic E-state index is 11.9. The lowest BCUT2D eigenvalue weighted by Gasteiger charge is -2.06. The summed E-state index contributed by atoms with van der Waals surface area (Å²) in [6.07, 6.45) is 1.22. The molecule has 1 N–H and O–H groups in total. The second kappa shape index (κ2) is 8.43. The number of rotatable bonds is 7. The van der Waals surface area contributed by atoms with E-state index in [0.717, 1.165) is 34.1 Å². The van der Waals surface area contributed by atoms with Gasteiger partial charge in [0.25, 0.3) is 0 Å². The summed E-state index contributed by atoms with van der Waals surface area (Å²) in [7, 11) is 0. The third-order valence-electron chi connectivity index (χ3n) is 3.10. The minimum Gasteiger partial charge on any atom is -0.494 e. The third-order valence-corrected chi connectivity index (χ3v) is 3.92. The molecule has 0 atom stereocenters. The van der Waals surface area contributed by atoms with Crippen molar-refractivity contribution >= 4 is 23.0 Å². The molecule has 0 spiro atoms. The molecule has 0 aliphatic heterocycles. The standard InChI is InChI=1S/C17H21N3O2S/c1-4-9-22-16-7-5-14(6-8-16)12(2)19-20-17(21)10-15-11-23-13(3)18-15/h5-8,11H,4,9-10H2,1-3H3,(H,20,21)/b19-12-. The molecular weight excluding hydrogens is 310 g/mol. The van der Waals surface area contributed by atoms with Crippen molar-refractivity contribution in [2.45, 2.75) is 33.6 Å². The number of ether oxygens (including phenoxy) is 1. The number of aromatic nitrogens is 1. The quantitative estimate of drug-likeness (QED) is 0.625. The van der Waals surface area contributed by atoms with Crippen LogP contribution in [0.15, 0.2) is 34.7 Å². The highest BCUT2D eigenvalue weighted by atomic mass is 32.1. The van der Waals surface area contributed by atoms with Crippen LogP contribution in [-0.4, -0.2) is 23.2 Å². The molecule has 0 saturated heterocycles. The van der Waals surface area contributed by atoms with E-state index < -0.39 is 0 Å². The molecule has 2 aromatic rings. The van der Waals surface area contributed by atoms with Gasteiger partial charge in [0, 0.05) is 5.38 Å². The van der Waals surface area contributed by atoms with Crippen molar-refractivity contribution in [3.8, 4) is 5.75 Å². The van der Waals surface area contributed by atoms with E-state index in [1.165, 1.54) is 11.3 Å². The number of thiazole rings is 1. The van der Waals surface area contributed by atoms with Crippen molar-refractivity contribution < 1.29 is 9.53 Å². The molecule has 5 nitrogen and oxygen atoms in total. The van der Waals surface area contributed by atoms with Crippen LogP contribution in [0.4, 0.5) is 0 Å². The van der Waals surface area contributed by atoms with Gasteiger partial charge in [-0.25, -0.2) is 10.4 Å². The van der Waals surface area contributed by atoms with Crippen molar-refractivity contribution in [2.24, 2.45) is 5.10 Å². The first kappa shape index (κ1) is 17.1. The van der Waals surface area contributed by atoms with Crippen LogP contribution in [0.5, 0.6) is 5.75 Å². The lowest BCUT2D eigenvalue weighted by Crippen LogP contribution is -2.21. The van der Waals surface area contributed by atoms with E-state index in [0.29, 0.717) is 6.61 Å². The number of carbonyl (C=O) groups excluding carboxylic acids is 1. The highest BCUT2D eigenvalue weighted by Gasteiger charge is 2.06. The Bertz CT molecular complexity index is 677. The van der Waals surface area contributed by atoms with Crippen molar-refractivity contribution in [1.82, 2.24) is 10.4 Å². The van der Waals surface area contributed by atoms with Crippen molar-refractivity contribution in [2.75, 3.05) is 6.61 Å². The average molecular weight is 331 g/mol. The van der Waals surface area contributed by atoms with Crippen LogP contribution < -0.4 is 10.2 Å². The molecule has 6 heteroatoms. The Labute approximate surface area is 140 Å². The van der Waals surface area contributed by atoms with Crippen LogP contribution in [0.1, 0.15) is 36.5 Å². The summed E-state index contributed by atoms with van der Waals surface area (Å²) in [5.74, 6) is 0.670. The van der Waals surface area contributed by atoms with Crippen LogP contribution in [0.3, 0.4) is 0 Å². The van der Waals surface area contributed by atoms with E-state index in [1.54, 1.807) is 0 Å². The highest BCUT2D eigenvalue weighted by Crippen LogP contribution is 2.13. The molecule has 0 aliphatic rings. The molecule has 0 fully saturated rings. The molecule has 1 heterocycles. The third kappa shape index (κ3) is 5.49. The number of hydrazone groups is 1. The zero-order valence-corrected chi connectivity index (χ0v) is 14.4. The normalized spacial score (nSPS) is 11.3. The van der Waals surface area contributed by atoms with Gasteiger partial charge in [0.15, 0.2) is 0 Å². The summed E-state index contributed by atoms with van der Waals surface area (Å²) in [5, 5.41) is 6.99. The SMILES string of the molecule is CCCOc1ccc(/C(C)=N\NC(=O)Cc2csc(C)n2)cc1. The number of hydrogen-bond donors (Lipinski definition) is 1. The van der Waals surface area contributed by atoms with Crippen molar-refractivity contribution in [1.29, 1.82) is 0 Å². The lowest BCUT2D eigenvalue weighted by atomic mass is 10.1. The van der Waals surface area contributed by atoms with Crippen molar-refractivity contribution in [3.05, 3.63) is 45.9 Å². The summed E-state index contributed by atoms with van der Waals surface area (Å²) < 4.78 is 5.54. The molecule has 1 amide bonds. The van der Waals surface area contributed by atoms with E-state index in [4.69, 9.17) is 4.74 Å². The molecule has 0 saturated carbocycles. The molecule has 0 aliphatic carbocycles. The Kier molecular flexibility index (Phi) is 6.29. The molecule has 0 radical (unpaired) electrons. The first-order valence-corrected chi connectivity index (χ1v) is 8.44. The molecule has 2 rings (SSSR count). The van der Waals surface area contributed by atoms with Crippen LogP contribution in [-0.2, 0) is 11.2 Å². The van der Waals surface area contributed by atoms with E-state index in [9.17, 15) is 4.79 Å². The van der Waals surface area contributed by atoms with Gasteiger partial charge in [0.1, 0.15) is 5.75 Å². The van der Waals surface area contributed by atoms with Gasteiger partial charge in [-0.05, 0) is 50.1 Å². The largest absolute Gasteiger partial charge is 0.494 e. The lowest BCUT2D eigenvalue weighted by molar-refractivity contribution is -0.120. The van der Waals surface area contributed by atoms with E-state index >= 15 is 0 Å². The molecule has 122 valence electrons. The fraction of sp³-hybridized carbons (Fsp3) is 0.353. The van der Waals surface area contributed by atoms with Crippen molar-refractivity contribution in [3.63, 3.8) is 0 Å². The van der Waals surface area contributed by atoms with E-state index in [2.05, 4.69) is 22.4 Å². The summed E-state index contributed by atoms with van der Waals surface area (Å²) in [4.78, 5) is 16.1. The van der Waals surface area contributed by atoms with Gasteiger partial charge in [-0.3, -0.25) is 4.79 Å². The van der Waals surface area contributed by atoms with Gasteiger partial charge in [0.05, 0.1) is 29.4 Å². The van der Waals surface area contributed by atoms with E-state index in [-0.39, 0.29) is 12.3 Å². The highest BCUT2D eigenvalue weighted by molar-refractivity contribution is 7.09. The van der Waals surface area contributed by atoms with Gasteiger partial charge in [-0.2, -0.15) is 5.10 Å². The zero-order chi connectivity index (χ0) is 16.7.